The summed E-state index contributed by atoms with van der Waals surface area (Å²) in [5, 5.41) is 4.84. The van der Waals surface area contributed by atoms with Gasteiger partial charge >= 0.3 is 0 Å². The Balaban J connectivity index is 1.85. The van der Waals surface area contributed by atoms with Crippen molar-refractivity contribution in [2.45, 2.75) is 19.8 Å². The Morgan fingerprint density at radius 1 is 1.19 bits per heavy atom. The molecule has 1 aliphatic rings. The van der Waals surface area contributed by atoms with E-state index in [-0.39, 0.29) is 18.4 Å². The van der Waals surface area contributed by atoms with Crippen molar-refractivity contribution in [1.82, 2.24) is 5.32 Å². The van der Waals surface area contributed by atoms with E-state index in [9.17, 15) is 9.59 Å². The molecule has 0 spiro atoms. The summed E-state index contributed by atoms with van der Waals surface area (Å²) in [6.07, 6.45) is 1.99. The zero-order valence-corrected chi connectivity index (χ0v) is 12.1. The van der Waals surface area contributed by atoms with E-state index in [4.69, 9.17) is 0 Å². The van der Waals surface area contributed by atoms with Crippen LogP contribution in [0.25, 0.3) is 10.8 Å². The second kappa shape index (κ2) is 5.56. The van der Waals surface area contributed by atoms with E-state index in [2.05, 4.69) is 12.2 Å². The number of rotatable bonds is 5. The quantitative estimate of drug-likeness (QED) is 0.857. The van der Waals surface area contributed by atoms with Crippen LogP contribution in [0.2, 0.25) is 0 Å². The molecule has 1 aliphatic heterocycles. The largest absolute Gasteiger partial charge is 0.355 e. The van der Waals surface area contributed by atoms with Crippen LogP contribution in [0.3, 0.4) is 0 Å². The van der Waals surface area contributed by atoms with Crippen LogP contribution < -0.4 is 10.2 Å². The topological polar surface area (TPSA) is 49.4 Å². The molecule has 4 heteroatoms. The molecule has 2 aromatic carbocycles. The maximum absolute atomic E-state index is 12.5. The molecular formula is C17H18N2O2. The minimum Gasteiger partial charge on any atom is -0.355 e. The van der Waals surface area contributed by atoms with Crippen LogP contribution in [-0.4, -0.2) is 24.9 Å². The molecule has 0 saturated carbocycles. The Bertz CT molecular complexity index is 704. The molecule has 4 nitrogen and oxygen atoms in total. The van der Waals surface area contributed by atoms with E-state index in [1.807, 2.05) is 36.4 Å². The van der Waals surface area contributed by atoms with Gasteiger partial charge < -0.3 is 5.32 Å². The van der Waals surface area contributed by atoms with E-state index in [0.29, 0.717) is 12.1 Å². The Hall–Kier alpha value is -2.36. The van der Waals surface area contributed by atoms with Crippen LogP contribution >= 0.6 is 0 Å². The molecule has 0 aliphatic carbocycles. The zero-order chi connectivity index (χ0) is 14.8. The lowest BCUT2D eigenvalue weighted by molar-refractivity contribution is -0.119. The van der Waals surface area contributed by atoms with Crippen LogP contribution in [0, 0.1) is 0 Å². The highest BCUT2D eigenvalue weighted by Gasteiger charge is 2.30. The molecule has 0 fully saturated rings. The lowest BCUT2D eigenvalue weighted by atomic mass is 10.1. The van der Waals surface area contributed by atoms with Gasteiger partial charge in [0.15, 0.2) is 0 Å². The molecule has 2 amide bonds. The fraction of sp³-hybridized carbons (Fsp3) is 0.294. The first kappa shape index (κ1) is 13.6. The van der Waals surface area contributed by atoms with Crippen molar-refractivity contribution in [1.29, 1.82) is 0 Å². The third-order valence-electron chi connectivity index (χ3n) is 3.80. The molecule has 3 rings (SSSR count). The van der Waals surface area contributed by atoms with Gasteiger partial charge in [-0.15, -0.1) is 0 Å². The summed E-state index contributed by atoms with van der Waals surface area (Å²) in [6.45, 7) is 2.82. The second-order valence-electron chi connectivity index (χ2n) is 5.28. The highest BCUT2D eigenvalue weighted by Crippen LogP contribution is 2.36. The molecule has 0 atom stereocenters. The van der Waals surface area contributed by atoms with Gasteiger partial charge in [0.1, 0.15) is 6.54 Å². The van der Waals surface area contributed by atoms with E-state index in [0.717, 1.165) is 29.3 Å². The number of anilines is 1. The molecular weight excluding hydrogens is 264 g/mol. The summed E-state index contributed by atoms with van der Waals surface area (Å²) in [4.78, 5) is 26.0. The third-order valence-corrected chi connectivity index (χ3v) is 3.80. The van der Waals surface area contributed by atoms with Gasteiger partial charge in [-0.3, -0.25) is 14.5 Å². The van der Waals surface area contributed by atoms with Crippen LogP contribution in [0.15, 0.2) is 36.4 Å². The predicted octanol–water partition coefficient (Wildman–Crippen LogP) is 2.72. The van der Waals surface area contributed by atoms with E-state index in [1.165, 1.54) is 0 Å². The number of hydrogen-bond donors (Lipinski definition) is 1. The van der Waals surface area contributed by atoms with Crippen molar-refractivity contribution >= 4 is 28.3 Å². The molecule has 0 saturated heterocycles. The summed E-state index contributed by atoms with van der Waals surface area (Å²) in [7, 11) is 0. The molecule has 0 bridgehead atoms. The van der Waals surface area contributed by atoms with Crippen LogP contribution in [-0.2, 0) is 4.79 Å². The molecule has 2 aromatic rings. The lowest BCUT2D eigenvalue weighted by Gasteiger charge is -2.17. The average molecular weight is 282 g/mol. The summed E-state index contributed by atoms with van der Waals surface area (Å²) in [6, 6.07) is 11.5. The van der Waals surface area contributed by atoms with Crippen LogP contribution in [0.1, 0.15) is 30.1 Å². The molecule has 1 heterocycles. The van der Waals surface area contributed by atoms with Crippen molar-refractivity contribution in [3.8, 4) is 0 Å². The number of amides is 2. The van der Waals surface area contributed by atoms with Crippen LogP contribution in [0.4, 0.5) is 5.69 Å². The Morgan fingerprint density at radius 2 is 1.95 bits per heavy atom. The standard InChI is InChI=1S/C17H18N2O2/c1-2-3-10-18-15(20)11-19-14-9-5-7-12-6-4-8-13(16(12)14)17(19)21/h4-9H,2-3,10-11H2,1H3,(H,18,20). The summed E-state index contributed by atoms with van der Waals surface area (Å²) >= 11 is 0. The van der Waals surface area contributed by atoms with Crippen LogP contribution in [0.5, 0.6) is 0 Å². The van der Waals surface area contributed by atoms with Crippen molar-refractivity contribution in [3.63, 3.8) is 0 Å². The van der Waals surface area contributed by atoms with E-state index in [1.54, 1.807) is 4.90 Å². The number of carbonyl (C=O) groups is 2. The maximum atomic E-state index is 12.5. The summed E-state index contributed by atoms with van der Waals surface area (Å²) in [5.74, 6) is -0.200. The molecule has 0 aromatic heterocycles. The van der Waals surface area contributed by atoms with E-state index < -0.39 is 0 Å². The molecule has 21 heavy (non-hydrogen) atoms. The average Bonchev–Trinajstić information content (AvgIpc) is 2.76. The number of unbranched alkanes of at least 4 members (excludes halogenated alkanes) is 1. The molecule has 108 valence electrons. The SMILES string of the molecule is CCCCNC(=O)CN1C(=O)c2cccc3cccc1c23. The Labute approximate surface area is 123 Å². The highest BCUT2D eigenvalue weighted by molar-refractivity contribution is 6.26. The predicted molar refractivity (Wildman–Crippen MR) is 83.5 cm³/mol. The first-order valence-corrected chi connectivity index (χ1v) is 7.32. The highest BCUT2D eigenvalue weighted by atomic mass is 16.2. The molecule has 0 unspecified atom stereocenters. The minimum absolute atomic E-state index is 0.0797. The van der Waals surface area contributed by atoms with Gasteiger partial charge in [-0.25, -0.2) is 0 Å². The fourth-order valence-electron chi connectivity index (χ4n) is 2.74. The van der Waals surface area contributed by atoms with Crippen molar-refractivity contribution < 1.29 is 9.59 Å². The first-order chi connectivity index (χ1) is 10.2. The second-order valence-corrected chi connectivity index (χ2v) is 5.28. The number of carbonyl (C=O) groups excluding carboxylic acids is 2. The molecule has 1 N–H and O–H groups in total. The third kappa shape index (κ3) is 2.37. The fourth-order valence-corrected chi connectivity index (χ4v) is 2.74. The monoisotopic (exact) mass is 282 g/mol. The van der Waals surface area contributed by atoms with E-state index >= 15 is 0 Å². The van der Waals surface area contributed by atoms with Crippen molar-refractivity contribution in [2.24, 2.45) is 0 Å². The smallest absolute Gasteiger partial charge is 0.259 e. The first-order valence-electron chi connectivity index (χ1n) is 7.32. The number of nitrogens with zero attached hydrogens (tertiary/aromatic N) is 1. The van der Waals surface area contributed by atoms with Gasteiger partial charge in [0.25, 0.3) is 5.91 Å². The van der Waals surface area contributed by atoms with Gasteiger partial charge in [0.2, 0.25) is 5.91 Å². The minimum atomic E-state index is -0.110. The summed E-state index contributed by atoms with van der Waals surface area (Å²) in [5.41, 5.74) is 1.52. The van der Waals surface area contributed by atoms with Gasteiger partial charge in [-0.2, -0.15) is 0 Å². The van der Waals surface area contributed by atoms with Gasteiger partial charge in [0.05, 0.1) is 5.69 Å². The number of nitrogens with one attached hydrogen (secondary N) is 1. The normalized spacial score (nSPS) is 13.0. The maximum Gasteiger partial charge on any atom is 0.259 e. The molecule has 0 radical (unpaired) electrons. The van der Waals surface area contributed by atoms with Crippen molar-refractivity contribution in [2.75, 3.05) is 18.0 Å². The number of hydrogen-bond acceptors (Lipinski definition) is 2. The number of benzene rings is 2. The zero-order valence-electron chi connectivity index (χ0n) is 12.1. The Morgan fingerprint density at radius 3 is 2.71 bits per heavy atom. The van der Waals surface area contributed by atoms with Gasteiger partial charge in [-0.1, -0.05) is 37.6 Å². The van der Waals surface area contributed by atoms with Gasteiger partial charge in [0, 0.05) is 17.5 Å². The summed E-state index contributed by atoms with van der Waals surface area (Å²) < 4.78 is 0. The Kier molecular flexibility index (Phi) is 3.60. The van der Waals surface area contributed by atoms with Gasteiger partial charge in [-0.05, 0) is 23.9 Å². The van der Waals surface area contributed by atoms with Crippen molar-refractivity contribution in [3.05, 3.63) is 42.0 Å². The lowest BCUT2D eigenvalue weighted by Crippen LogP contribution is -2.39.